The number of hydrogen-bond acceptors (Lipinski definition) is 1. The Kier molecular flexibility index (Phi) is 13.7. The van der Waals surface area contributed by atoms with E-state index in [2.05, 4.69) is 250 Å². The molecule has 0 aliphatic carbocycles. The second kappa shape index (κ2) is 20.5. The van der Waals surface area contributed by atoms with Gasteiger partial charge in [-0.05, 0) is 102 Å². The summed E-state index contributed by atoms with van der Waals surface area (Å²) in [6, 6.07) is 89.7. The van der Waals surface area contributed by atoms with Gasteiger partial charge in [0.05, 0.1) is 0 Å². The Labute approximate surface area is 386 Å². The van der Waals surface area contributed by atoms with E-state index in [4.69, 9.17) is 3.48 Å². The molecule has 0 amide bonds. The van der Waals surface area contributed by atoms with Crippen LogP contribution in [0.1, 0.15) is 30.5 Å². The average Bonchev–Trinajstić information content (AvgIpc) is 3.37. The van der Waals surface area contributed by atoms with E-state index in [1.165, 1.54) is 83.5 Å². The van der Waals surface area contributed by atoms with Crippen LogP contribution in [0.5, 0.6) is 0 Å². The van der Waals surface area contributed by atoms with Crippen LogP contribution in [0, 0.1) is 0 Å². The standard InChI is InChI=1S/C57H45OSi.2C2H5.Al/c58-59(40-55-49(43-22-7-1-8-23-43)34-19-35-50(55)44-24-9-2-10-25-44,41-56-51(45-26-11-3-12-27-45)36-20-37-52(56)46-28-13-4-14-29-46)42-57-53(47-30-15-5-16-31-47)38-21-39-54(57)48-32-17-6-18-33-48;2*1-2;/h1-39H,40-42H2;2*1H2,2H3;/q-1;;;+1. The van der Waals surface area contributed by atoms with Crippen LogP contribution in [0.25, 0.3) is 66.8 Å². The highest BCUT2D eigenvalue weighted by Crippen LogP contribution is 2.43. The van der Waals surface area contributed by atoms with Crippen molar-refractivity contribution in [1.29, 1.82) is 0 Å². The number of rotatable bonds is 16. The Bertz CT molecular complexity index is 2400. The summed E-state index contributed by atoms with van der Waals surface area (Å²) in [4.78, 5) is 0. The van der Waals surface area contributed by atoms with Crippen LogP contribution in [0.15, 0.2) is 237 Å². The molecule has 9 rings (SSSR count). The smallest absolute Gasteiger partial charge is 0.449 e. The molecule has 0 heterocycles. The molecule has 1 nitrogen and oxygen atoms in total. The number of benzene rings is 9. The molecular weight excluding hydrogens is 804 g/mol. The molecule has 0 saturated heterocycles. The van der Waals surface area contributed by atoms with Crippen molar-refractivity contribution in [3.8, 4) is 66.8 Å². The average molecular weight is 859 g/mol. The molecule has 0 bridgehead atoms. The Balaban J connectivity index is 1.38. The van der Waals surface area contributed by atoms with Crippen molar-refractivity contribution in [3.05, 3.63) is 253 Å². The van der Waals surface area contributed by atoms with E-state index in [1.807, 2.05) is 0 Å². The summed E-state index contributed by atoms with van der Waals surface area (Å²) in [5.74, 6) is 0. The van der Waals surface area contributed by atoms with Gasteiger partial charge in [-0.15, -0.1) is 0 Å². The maximum Gasteiger partial charge on any atom is 0.449 e. The maximum atomic E-state index is 8.37. The van der Waals surface area contributed by atoms with Gasteiger partial charge in [0, 0.05) is 0 Å². The molecule has 9 aromatic carbocycles. The van der Waals surface area contributed by atoms with Crippen molar-refractivity contribution in [2.75, 3.05) is 0 Å². The molecule has 0 aliphatic rings. The van der Waals surface area contributed by atoms with Crippen LogP contribution in [-0.4, -0.2) is 22.8 Å². The van der Waals surface area contributed by atoms with Gasteiger partial charge in [-0.2, -0.15) is 0 Å². The fourth-order valence-corrected chi connectivity index (χ4v) is 18.9. The second-order valence-corrected chi connectivity index (χ2v) is 24.2. The molecule has 0 radical (unpaired) electrons. The molecule has 0 aromatic heterocycles. The molecule has 0 N–H and O–H groups in total. The van der Waals surface area contributed by atoms with Crippen LogP contribution in [0.3, 0.4) is 0 Å². The lowest BCUT2D eigenvalue weighted by Gasteiger charge is -2.39. The summed E-state index contributed by atoms with van der Waals surface area (Å²) >= 11 is -1.72. The van der Waals surface area contributed by atoms with Gasteiger partial charge in [-0.25, -0.2) is 0 Å². The van der Waals surface area contributed by atoms with E-state index in [1.54, 1.807) is 0 Å². The molecular formula is C61H55AlOSi. The molecule has 0 aliphatic heterocycles. The molecule has 3 heteroatoms. The minimum Gasteiger partial charge on any atom is -0.544 e. The first-order chi connectivity index (χ1) is 31.6. The molecule has 0 unspecified atom stereocenters. The highest BCUT2D eigenvalue weighted by atomic mass is 28.4. The third kappa shape index (κ3) is 9.60. The lowest BCUT2D eigenvalue weighted by atomic mass is 9.92. The first-order valence-electron chi connectivity index (χ1n) is 23.0. The van der Waals surface area contributed by atoms with Crippen molar-refractivity contribution >= 4 is 22.8 Å². The van der Waals surface area contributed by atoms with Crippen molar-refractivity contribution in [2.24, 2.45) is 0 Å². The minimum atomic E-state index is -3.05. The zero-order valence-corrected chi connectivity index (χ0v) is 39.2. The van der Waals surface area contributed by atoms with Crippen LogP contribution in [0.2, 0.25) is 10.6 Å². The minimum absolute atomic E-state index is 0.848. The fraction of sp³-hybridized carbons (Fsp3) is 0.115. The SMILES string of the molecule is C[CH2][Al]([CH2]C)[O][Si](Cc1c(-c2ccccc2)cccc1-c1ccccc1)(Cc1c(-c2ccccc2)cccc1-c1ccccc1)Cc1c(-c2ccccc2)cccc1-c1ccccc1. The van der Waals surface area contributed by atoms with Crippen molar-refractivity contribution in [2.45, 2.75) is 42.5 Å². The van der Waals surface area contributed by atoms with Gasteiger partial charge in [0.25, 0.3) is 0 Å². The Morgan fingerprint density at radius 3 is 0.672 bits per heavy atom. The third-order valence-corrected chi connectivity index (χ3v) is 21.0. The molecule has 64 heavy (non-hydrogen) atoms. The summed E-state index contributed by atoms with van der Waals surface area (Å²) < 4.78 is 8.37. The first-order valence-corrected chi connectivity index (χ1v) is 27.6. The molecule has 0 saturated carbocycles. The predicted molar refractivity (Wildman–Crippen MR) is 277 cm³/mol. The summed E-state index contributed by atoms with van der Waals surface area (Å²) in [5, 5.41) is 2.16. The van der Waals surface area contributed by atoms with Gasteiger partial charge in [0.15, 0.2) is 8.32 Å². The topological polar surface area (TPSA) is 9.23 Å². The molecule has 9 aromatic rings. The third-order valence-electron chi connectivity index (χ3n) is 12.9. The van der Waals surface area contributed by atoms with Crippen molar-refractivity contribution in [3.63, 3.8) is 0 Å². The van der Waals surface area contributed by atoms with E-state index in [-0.39, 0.29) is 0 Å². The van der Waals surface area contributed by atoms with Crippen molar-refractivity contribution in [1.82, 2.24) is 0 Å². The zero-order valence-electron chi connectivity index (χ0n) is 37.0. The van der Waals surface area contributed by atoms with Gasteiger partial charge in [-0.3, -0.25) is 0 Å². The first kappa shape index (κ1) is 43.0. The van der Waals surface area contributed by atoms with Gasteiger partial charge >= 0.3 is 14.5 Å². The lowest BCUT2D eigenvalue weighted by molar-refractivity contribution is 0.533. The summed E-state index contributed by atoms with van der Waals surface area (Å²) in [7, 11) is -3.05. The highest BCUT2D eigenvalue weighted by molar-refractivity contribution is 6.79. The van der Waals surface area contributed by atoms with Gasteiger partial charge in [0.2, 0.25) is 0 Å². The van der Waals surface area contributed by atoms with E-state index >= 15 is 0 Å². The monoisotopic (exact) mass is 858 g/mol. The predicted octanol–water partition coefficient (Wildman–Crippen LogP) is 16.3. The molecule has 0 fully saturated rings. The largest absolute Gasteiger partial charge is 0.544 e. The summed E-state index contributed by atoms with van der Waals surface area (Å²) in [6.45, 7) is 4.74. The van der Waals surface area contributed by atoms with E-state index in [0.717, 1.165) is 28.7 Å². The van der Waals surface area contributed by atoms with Gasteiger partial charge < -0.3 is 3.48 Å². The van der Waals surface area contributed by atoms with E-state index in [0.29, 0.717) is 0 Å². The Morgan fingerprint density at radius 1 is 0.281 bits per heavy atom. The van der Waals surface area contributed by atoms with Crippen LogP contribution in [0.4, 0.5) is 0 Å². The summed E-state index contributed by atoms with van der Waals surface area (Å²) in [6.07, 6.45) is 0. The zero-order chi connectivity index (χ0) is 43.6. The molecule has 0 atom stereocenters. The Morgan fingerprint density at radius 2 is 0.484 bits per heavy atom. The van der Waals surface area contributed by atoms with Crippen LogP contribution in [-0.2, 0) is 21.6 Å². The highest BCUT2D eigenvalue weighted by Gasteiger charge is 2.42. The van der Waals surface area contributed by atoms with E-state index < -0.39 is 22.8 Å². The van der Waals surface area contributed by atoms with Crippen molar-refractivity contribution < 1.29 is 3.48 Å². The van der Waals surface area contributed by atoms with Crippen LogP contribution < -0.4 is 0 Å². The van der Waals surface area contributed by atoms with E-state index in [9.17, 15) is 0 Å². The van der Waals surface area contributed by atoms with Crippen LogP contribution >= 0.6 is 0 Å². The van der Waals surface area contributed by atoms with Gasteiger partial charge in [-0.1, -0.05) is 261 Å². The normalized spacial score (nSPS) is 11.3. The maximum absolute atomic E-state index is 8.37. The fourth-order valence-electron chi connectivity index (χ4n) is 9.75. The van der Waals surface area contributed by atoms with Gasteiger partial charge in [0.1, 0.15) is 0 Å². The molecule has 0 spiro atoms. The quantitative estimate of drug-likeness (QED) is 0.0880. The molecule has 312 valence electrons. The summed E-state index contributed by atoms with van der Waals surface area (Å²) in [5.41, 5.74) is 19.3. The Hall–Kier alpha value is -6.31. The second-order valence-electron chi connectivity index (χ2n) is 17.0. The lowest BCUT2D eigenvalue weighted by Crippen LogP contribution is -2.51. The number of hydrogen-bond donors (Lipinski definition) is 0.